The number of nitrogens with zero attached hydrogens (tertiary/aromatic N) is 4. The number of amides is 2. The Morgan fingerprint density at radius 3 is 2.89 bits per heavy atom. The van der Waals surface area contributed by atoms with E-state index in [1.807, 2.05) is 18.4 Å². The fourth-order valence-corrected chi connectivity index (χ4v) is 2.24. The summed E-state index contributed by atoms with van der Waals surface area (Å²) in [5.41, 5.74) is 0. The smallest absolute Gasteiger partial charge is 0.225 e. The molecule has 7 heteroatoms. The summed E-state index contributed by atoms with van der Waals surface area (Å²) in [6.45, 7) is 6.20. The van der Waals surface area contributed by atoms with Crippen LogP contribution in [0, 0.1) is 5.92 Å². The minimum atomic E-state index is -0.245. The van der Waals surface area contributed by atoms with E-state index in [4.69, 9.17) is 0 Å². The molecule has 7 nitrogen and oxygen atoms in total. The first-order valence-corrected chi connectivity index (χ1v) is 6.57. The van der Waals surface area contributed by atoms with E-state index >= 15 is 0 Å². The number of likely N-dealkylation sites (tertiary alicyclic amines) is 1. The zero-order valence-corrected chi connectivity index (χ0v) is 11.3. The lowest BCUT2D eigenvalue weighted by Crippen LogP contribution is -2.33. The van der Waals surface area contributed by atoms with Crippen LogP contribution in [0.4, 0.5) is 0 Å². The molecule has 0 bridgehead atoms. The van der Waals surface area contributed by atoms with E-state index < -0.39 is 0 Å². The summed E-state index contributed by atoms with van der Waals surface area (Å²) in [6.07, 6.45) is 1.94. The molecule has 1 aliphatic rings. The van der Waals surface area contributed by atoms with Gasteiger partial charge in [-0.15, -0.1) is 10.2 Å². The van der Waals surface area contributed by atoms with E-state index in [9.17, 15) is 9.59 Å². The summed E-state index contributed by atoms with van der Waals surface area (Å²) >= 11 is 0. The highest BCUT2D eigenvalue weighted by Crippen LogP contribution is 2.17. The molecule has 104 valence electrons. The summed E-state index contributed by atoms with van der Waals surface area (Å²) in [6, 6.07) is 0. The van der Waals surface area contributed by atoms with Crippen molar-refractivity contribution in [1.82, 2.24) is 25.0 Å². The molecule has 0 radical (unpaired) electrons. The summed E-state index contributed by atoms with van der Waals surface area (Å²) in [5, 5.41) is 10.6. The van der Waals surface area contributed by atoms with Crippen molar-refractivity contribution in [2.24, 2.45) is 5.92 Å². The first kappa shape index (κ1) is 13.5. The number of aryl methyl sites for hydroxylation is 1. The second-order valence-corrected chi connectivity index (χ2v) is 4.58. The lowest BCUT2D eigenvalue weighted by Gasteiger charge is -2.13. The van der Waals surface area contributed by atoms with Crippen molar-refractivity contribution < 1.29 is 9.59 Å². The number of hydrogen-bond donors (Lipinski definition) is 1. The molecular weight excluding hydrogens is 246 g/mol. The van der Waals surface area contributed by atoms with Crippen LogP contribution < -0.4 is 5.32 Å². The van der Waals surface area contributed by atoms with Gasteiger partial charge in [-0.1, -0.05) is 0 Å². The van der Waals surface area contributed by atoms with E-state index in [0.717, 1.165) is 12.4 Å². The molecule has 0 aliphatic carbocycles. The molecule has 1 N–H and O–H groups in total. The zero-order valence-electron chi connectivity index (χ0n) is 11.3. The molecule has 0 aromatic carbocycles. The molecule has 1 saturated heterocycles. The molecule has 0 saturated carbocycles. The van der Waals surface area contributed by atoms with Crippen LogP contribution in [-0.2, 0) is 22.7 Å². The third-order valence-corrected chi connectivity index (χ3v) is 3.42. The van der Waals surface area contributed by atoms with Crippen molar-refractivity contribution in [2.45, 2.75) is 33.4 Å². The standard InChI is InChI=1S/C12H19N5O2/c1-3-16-7-9(5-11(16)18)12(19)13-6-10-15-14-8-17(10)4-2/h8-9H,3-7H2,1-2H3,(H,13,19). The van der Waals surface area contributed by atoms with Crippen molar-refractivity contribution in [3.63, 3.8) is 0 Å². The first-order chi connectivity index (χ1) is 9.15. The zero-order chi connectivity index (χ0) is 13.8. The lowest BCUT2D eigenvalue weighted by atomic mass is 10.1. The van der Waals surface area contributed by atoms with Crippen LogP contribution in [0.15, 0.2) is 6.33 Å². The Labute approximate surface area is 112 Å². The SMILES string of the molecule is CCN1CC(C(=O)NCc2nncn2CC)CC1=O. The Morgan fingerprint density at radius 1 is 1.47 bits per heavy atom. The van der Waals surface area contributed by atoms with Gasteiger partial charge in [-0.05, 0) is 13.8 Å². The van der Waals surface area contributed by atoms with Crippen LogP contribution in [0.25, 0.3) is 0 Å². The number of aromatic nitrogens is 3. The number of carbonyl (C=O) groups is 2. The largest absolute Gasteiger partial charge is 0.348 e. The summed E-state index contributed by atoms with van der Waals surface area (Å²) in [4.78, 5) is 25.3. The summed E-state index contributed by atoms with van der Waals surface area (Å²) in [7, 11) is 0. The predicted molar refractivity (Wildman–Crippen MR) is 67.9 cm³/mol. The number of carbonyl (C=O) groups excluding carboxylic acids is 2. The van der Waals surface area contributed by atoms with Crippen molar-refractivity contribution in [3.05, 3.63) is 12.2 Å². The van der Waals surface area contributed by atoms with Crippen LogP contribution in [0.3, 0.4) is 0 Å². The Morgan fingerprint density at radius 2 is 2.26 bits per heavy atom. The Kier molecular flexibility index (Phi) is 4.13. The molecule has 2 heterocycles. The molecule has 1 aliphatic heterocycles. The van der Waals surface area contributed by atoms with Crippen molar-refractivity contribution in [3.8, 4) is 0 Å². The van der Waals surface area contributed by atoms with Gasteiger partial charge in [0.15, 0.2) is 5.82 Å². The van der Waals surface area contributed by atoms with Gasteiger partial charge in [0.2, 0.25) is 11.8 Å². The maximum absolute atomic E-state index is 12.0. The Hall–Kier alpha value is -1.92. The second-order valence-electron chi connectivity index (χ2n) is 4.58. The lowest BCUT2D eigenvalue weighted by molar-refractivity contribution is -0.128. The average molecular weight is 265 g/mol. The second kappa shape index (κ2) is 5.81. The Balaban J connectivity index is 1.87. The van der Waals surface area contributed by atoms with Gasteiger partial charge in [0.05, 0.1) is 12.5 Å². The van der Waals surface area contributed by atoms with Crippen molar-refractivity contribution >= 4 is 11.8 Å². The molecular formula is C12H19N5O2. The average Bonchev–Trinajstić information content (AvgIpc) is 3.01. The highest BCUT2D eigenvalue weighted by atomic mass is 16.2. The molecule has 0 spiro atoms. The molecule has 1 unspecified atom stereocenters. The highest BCUT2D eigenvalue weighted by molar-refractivity contribution is 5.89. The Bertz CT molecular complexity index is 470. The van der Waals surface area contributed by atoms with E-state index in [1.165, 1.54) is 0 Å². The number of rotatable bonds is 5. The topological polar surface area (TPSA) is 80.1 Å². The van der Waals surface area contributed by atoms with Crippen molar-refractivity contribution in [2.75, 3.05) is 13.1 Å². The van der Waals surface area contributed by atoms with Gasteiger partial charge in [0.25, 0.3) is 0 Å². The highest BCUT2D eigenvalue weighted by Gasteiger charge is 2.33. The van der Waals surface area contributed by atoms with E-state index in [0.29, 0.717) is 26.1 Å². The molecule has 1 atom stereocenters. The fourth-order valence-electron chi connectivity index (χ4n) is 2.24. The summed E-state index contributed by atoms with van der Waals surface area (Å²) < 4.78 is 1.87. The van der Waals surface area contributed by atoms with Gasteiger partial charge in [0, 0.05) is 26.1 Å². The van der Waals surface area contributed by atoms with Crippen LogP contribution in [-0.4, -0.2) is 44.6 Å². The van der Waals surface area contributed by atoms with Gasteiger partial charge in [-0.2, -0.15) is 0 Å². The molecule has 1 fully saturated rings. The number of nitrogens with one attached hydrogen (secondary N) is 1. The first-order valence-electron chi connectivity index (χ1n) is 6.57. The fraction of sp³-hybridized carbons (Fsp3) is 0.667. The predicted octanol–water partition coefficient (Wildman–Crippen LogP) is -0.217. The van der Waals surface area contributed by atoms with Gasteiger partial charge in [-0.3, -0.25) is 9.59 Å². The van der Waals surface area contributed by atoms with Crippen LogP contribution in [0.2, 0.25) is 0 Å². The van der Waals surface area contributed by atoms with Crippen molar-refractivity contribution in [1.29, 1.82) is 0 Å². The quantitative estimate of drug-likeness (QED) is 0.798. The molecule has 1 aromatic rings. The monoisotopic (exact) mass is 265 g/mol. The summed E-state index contributed by atoms with van der Waals surface area (Å²) in [5.74, 6) is 0.451. The molecule has 19 heavy (non-hydrogen) atoms. The van der Waals surface area contributed by atoms with E-state index in [-0.39, 0.29) is 17.7 Å². The van der Waals surface area contributed by atoms with E-state index in [2.05, 4.69) is 15.5 Å². The minimum absolute atomic E-state index is 0.0550. The van der Waals surface area contributed by atoms with Crippen LogP contribution in [0.5, 0.6) is 0 Å². The van der Waals surface area contributed by atoms with Crippen LogP contribution >= 0.6 is 0 Å². The van der Waals surface area contributed by atoms with Gasteiger partial charge in [-0.25, -0.2) is 0 Å². The minimum Gasteiger partial charge on any atom is -0.348 e. The third kappa shape index (κ3) is 2.91. The van der Waals surface area contributed by atoms with E-state index in [1.54, 1.807) is 11.2 Å². The van der Waals surface area contributed by atoms with Crippen LogP contribution in [0.1, 0.15) is 26.1 Å². The maximum Gasteiger partial charge on any atom is 0.225 e. The van der Waals surface area contributed by atoms with Gasteiger partial charge >= 0.3 is 0 Å². The third-order valence-electron chi connectivity index (χ3n) is 3.42. The molecule has 2 rings (SSSR count). The maximum atomic E-state index is 12.0. The van der Waals surface area contributed by atoms with Gasteiger partial charge < -0.3 is 14.8 Å². The number of hydrogen-bond acceptors (Lipinski definition) is 4. The molecule has 1 aromatic heterocycles. The normalized spacial score (nSPS) is 18.9. The molecule has 2 amide bonds. The van der Waals surface area contributed by atoms with Gasteiger partial charge in [0.1, 0.15) is 6.33 Å².